The van der Waals surface area contributed by atoms with Gasteiger partial charge in [-0.2, -0.15) is 4.31 Å². The summed E-state index contributed by atoms with van der Waals surface area (Å²) in [6.07, 6.45) is 0.711. The summed E-state index contributed by atoms with van der Waals surface area (Å²) in [4.78, 5) is 22.8. The Bertz CT molecular complexity index is 1050. The van der Waals surface area contributed by atoms with E-state index in [1.54, 1.807) is 18.7 Å². The van der Waals surface area contributed by atoms with Crippen molar-refractivity contribution in [2.45, 2.75) is 35.9 Å². The highest BCUT2D eigenvalue weighted by Crippen LogP contribution is 2.30. The molecule has 0 saturated carbocycles. The van der Waals surface area contributed by atoms with Crippen LogP contribution in [0.5, 0.6) is 0 Å². The summed E-state index contributed by atoms with van der Waals surface area (Å²) in [7, 11) is -3.89. The lowest BCUT2D eigenvalue weighted by molar-refractivity contribution is -0.385. The first kappa shape index (κ1) is 22.6. The Morgan fingerprint density at radius 1 is 1.37 bits per heavy atom. The first-order valence-corrected chi connectivity index (χ1v) is 12.5. The van der Waals surface area contributed by atoms with Gasteiger partial charge < -0.3 is 5.32 Å². The number of anilines is 1. The minimum absolute atomic E-state index is 0.0746. The standard InChI is InChI=1S/C17H21N5O5S3/c1-3-28-17-20-19-16(29-17)18-15(23)12-6-8-21(9-7-12)30(26,27)14-10-13(22(24)25)5-4-11(14)2/h4-5,10,12H,3,6-9H2,1-2H3,(H,18,19,23). The zero-order valence-corrected chi connectivity index (χ0v) is 18.8. The second-order valence-corrected chi connectivity index (χ2v) is 11.1. The van der Waals surface area contributed by atoms with E-state index in [2.05, 4.69) is 15.5 Å². The molecule has 0 aliphatic carbocycles. The number of carbonyl (C=O) groups excluding carboxylic acids is 1. The molecule has 1 N–H and O–H groups in total. The maximum atomic E-state index is 13.0. The van der Waals surface area contributed by atoms with Gasteiger partial charge in [0.2, 0.25) is 21.1 Å². The van der Waals surface area contributed by atoms with Gasteiger partial charge in [0.25, 0.3) is 5.69 Å². The maximum absolute atomic E-state index is 13.0. The number of aryl methyl sites for hydroxylation is 1. The normalized spacial score (nSPS) is 15.8. The van der Waals surface area contributed by atoms with Crippen molar-refractivity contribution < 1.29 is 18.1 Å². The van der Waals surface area contributed by atoms with E-state index in [4.69, 9.17) is 0 Å². The lowest BCUT2D eigenvalue weighted by atomic mass is 9.97. The molecular formula is C17H21N5O5S3. The summed E-state index contributed by atoms with van der Waals surface area (Å²) in [5, 5.41) is 22.1. The van der Waals surface area contributed by atoms with Gasteiger partial charge in [0.15, 0.2) is 4.34 Å². The van der Waals surface area contributed by atoms with Crippen molar-refractivity contribution in [1.29, 1.82) is 0 Å². The summed E-state index contributed by atoms with van der Waals surface area (Å²) in [5.74, 6) is 0.316. The number of non-ortho nitro benzene ring substituents is 1. The molecule has 1 saturated heterocycles. The average molecular weight is 472 g/mol. The Balaban J connectivity index is 1.65. The molecular weight excluding hydrogens is 450 g/mol. The lowest BCUT2D eigenvalue weighted by Crippen LogP contribution is -2.41. The number of nitrogens with one attached hydrogen (secondary N) is 1. The van der Waals surface area contributed by atoms with E-state index in [-0.39, 0.29) is 35.5 Å². The maximum Gasteiger partial charge on any atom is 0.270 e. The SMILES string of the molecule is CCSc1nnc(NC(=O)C2CCN(S(=O)(=O)c3cc([N+](=O)[O-])ccc3C)CC2)s1. The first-order valence-electron chi connectivity index (χ1n) is 9.24. The number of thioether (sulfide) groups is 1. The van der Waals surface area contributed by atoms with Crippen LogP contribution in [0.3, 0.4) is 0 Å². The third kappa shape index (κ3) is 4.96. The number of nitro groups is 1. The molecule has 30 heavy (non-hydrogen) atoms. The van der Waals surface area contributed by atoms with Gasteiger partial charge in [-0.25, -0.2) is 8.42 Å². The van der Waals surface area contributed by atoms with Crippen LogP contribution in [0.1, 0.15) is 25.3 Å². The number of piperidine rings is 1. The van der Waals surface area contributed by atoms with Crippen molar-refractivity contribution in [3.05, 3.63) is 33.9 Å². The molecule has 1 aliphatic rings. The van der Waals surface area contributed by atoms with E-state index in [1.807, 2.05) is 6.92 Å². The van der Waals surface area contributed by atoms with Crippen LogP contribution >= 0.6 is 23.1 Å². The molecule has 3 rings (SSSR count). The fourth-order valence-electron chi connectivity index (χ4n) is 3.13. The van der Waals surface area contributed by atoms with Gasteiger partial charge >= 0.3 is 0 Å². The smallest absolute Gasteiger partial charge is 0.270 e. The van der Waals surface area contributed by atoms with Crippen molar-refractivity contribution in [1.82, 2.24) is 14.5 Å². The van der Waals surface area contributed by atoms with Crippen LogP contribution in [0, 0.1) is 23.0 Å². The largest absolute Gasteiger partial charge is 0.300 e. The molecule has 2 aromatic rings. The van der Waals surface area contributed by atoms with E-state index in [9.17, 15) is 23.3 Å². The molecule has 0 atom stereocenters. The average Bonchev–Trinajstić information content (AvgIpc) is 3.15. The molecule has 162 valence electrons. The highest BCUT2D eigenvalue weighted by molar-refractivity contribution is 8.01. The molecule has 1 aromatic carbocycles. The third-order valence-electron chi connectivity index (χ3n) is 4.73. The van der Waals surface area contributed by atoms with E-state index in [0.29, 0.717) is 23.5 Å². The van der Waals surface area contributed by atoms with Crippen molar-refractivity contribution in [2.24, 2.45) is 5.92 Å². The number of carbonyl (C=O) groups is 1. The summed E-state index contributed by atoms with van der Waals surface area (Å²) < 4.78 is 28.1. The Morgan fingerprint density at radius 3 is 2.70 bits per heavy atom. The molecule has 0 radical (unpaired) electrons. The Labute approximate surface area is 182 Å². The van der Waals surface area contributed by atoms with Gasteiger partial charge in [0.05, 0.1) is 9.82 Å². The molecule has 1 amide bonds. The minimum Gasteiger partial charge on any atom is -0.300 e. The number of nitro benzene ring substituents is 1. The van der Waals surface area contributed by atoms with Crippen molar-refractivity contribution in [2.75, 3.05) is 24.2 Å². The Hall–Kier alpha value is -2.09. The fourth-order valence-corrected chi connectivity index (χ4v) is 6.49. The Kier molecular flexibility index (Phi) is 7.06. The van der Waals surface area contributed by atoms with Gasteiger partial charge in [-0.05, 0) is 31.1 Å². The fraction of sp³-hybridized carbons (Fsp3) is 0.471. The van der Waals surface area contributed by atoms with Gasteiger partial charge in [-0.1, -0.05) is 36.1 Å². The summed E-state index contributed by atoms with van der Waals surface area (Å²) in [6, 6.07) is 3.80. The van der Waals surface area contributed by atoms with E-state index in [1.165, 1.54) is 27.8 Å². The van der Waals surface area contributed by atoms with Gasteiger partial charge in [-0.3, -0.25) is 14.9 Å². The molecule has 1 aliphatic heterocycles. The third-order valence-corrected chi connectivity index (χ3v) is 8.62. The molecule has 0 unspecified atom stereocenters. The molecule has 0 spiro atoms. The van der Waals surface area contributed by atoms with Crippen molar-refractivity contribution in [3.8, 4) is 0 Å². The molecule has 13 heteroatoms. The van der Waals surface area contributed by atoms with Gasteiger partial charge in [0, 0.05) is 31.1 Å². The summed E-state index contributed by atoms with van der Waals surface area (Å²) in [6.45, 7) is 3.93. The van der Waals surface area contributed by atoms with E-state index in [0.717, 1.165) is 16.2 Å². The summed E-state index contributed by atoms with van der Waals surface area (Å²) in [5.41, 5.74) is 0.170. The van der Waals surface area contributed by atoms with Crippen molar-refractivity contribution >= 4 is 49.8 Å². The number of rotatable bonds is 7. The topological polar surface area (TPSA) is 135 Å². The second-order valence-electron chi connectivity index (χ2n) is 6.68. The highest BCUT2D eigenvalue weighted by Gasteiger charge is 2.34. The van der Waals surface area contributed by atoms with Crippen LogP contribution in [-0.4, -0.2) is 52.6 Å². The molecule has 2 heterocycles. The van der Waals surface area contributed by atoms with E-state index >= 15 is 0 Å². The molecule has 1 aromatic heterocycles. The number of sulfonamides is 1. The molecule has 0 bridgehead atoms. The van der Waals surface area contributed by atoms with Crippen LogP contribution < -0.4 is 5.32 Å². The molecule has 10 nitrogen and oxygen atoms in total. The van der Waals surface area contributed by atoms with E-state index < -0.39 is 14.9 Å². The minimum atomic E-state index is -3.89. The van der Waals surface area contributed by atoms with Gasteiger partial charge in [-0.15, -0.1) is 10.2 Å². The number of amides is 1. The zero-order chi connectivity index (χ0) is 21.9. The lowest BCUT2D eigenvalue weighted by Gasteiger charge is -2.30. The van der Waals surface area contributed by atoms with Crippen LogP contribution in [0.4, 0.5) is 10.8 Å². The van der Waals surface area contributed by atoms with Crippen LogP contribution in [0.25, 0.3) is 0 Å². The first-order chi connectivity index (χ1) is 14.2. The monoisotopic (exact) mass is 471 g/mol. The number of hydrogen-bond donors (Lipinski definition) is 1. The highest BCUT2D eigenvalue weighted by atomic mass is 32.2. The quantitative estimate of drug-likeness (QED) is 0.282. The summed E-state index contributed by atoms with van der Waals surface area (Å²) >= 11 is 2.85. The van der Waals surface area contributed by atoms with Crippen LogP contribution in [0.15, 0.2) is 27.4 Å². The van der Waals surface area contributed by atoms with Crippen LogP contribution in [0.2, 0.25) is 0 Å². The zero-order valence-electron chi connectivity index (χ0n) is 16.4. The second kappa shape index (κ2) is 9.37. The Morgan fingerprint density at radius 2 is 2.07 bits per heavy atom. The number of aromatic nitrogens is 2. The van der Waals surface area contributed by atoms with Gasteiger partial charge in [0.1, 0.15) is 0 Å². The molecule has 1 fully saturated rings. The number of nitrogens with zero attached hydrogens (tertiary/aromatic N) is 4. The number of hydrogen-bond acceptors (Lipinski definition) is 9. The van der Waals surface area contributed by atoms with Crippen molar-refractivity contribution in [3.63, 3.8) is 0 Å². The number of benzene rings is 1. The van der Waals surface area contributed by atoms with Crippen LogP contribution in [-0.2, 0) is 14.8 Å². The predicted octanol–water partition coefficient (Wildman–Crippen LogP) is 2.91. The predicted molar refractivity (Wildman–Crippen MR) is 114 cm³/mol.